The quantitative estimate of drug-likeness (QED) is 0.721. The highest BCUT2D eigenvalue weighted by Gasteiger charge is 2.44. The van der Waals surface area contributed by atoms with Gasteiger partial charge in [0.25, 0.3) is 0 Å². The molecular formula is C22H28N4O3S. The Bertz CT molecular complexity index is 874. The second kappa shape index (κ2) is 8.26. The van der Waals surface area contributed by atoms with E-state index in [1.807, 2.05) is 49.3 Å². The number of aromatic nitrogens is 1. The molecular weight excluding hydrogens is 400 g/mol. The predicted molar refractivity (Wildman–Crippen MR) is 117 cm³/mol. The van der Waals surface area contributed by atoms with Crippen molar-refractivity contribution in [2.24, 2.45) is 0 Å². The highest BCUT2D eigenvalue weighted by atomic mass is 32.1. The summed E-state index contributed by atoms with van der Waals surface area (Å²) in [5.41, 5.74) is 0.616. The maximum absolute atomic E-state index is 13.4. The van der Waals surface area contributed by atoms with Gasteiger partial charge in [-0.25, -0.2) is 14.6 Å². The number of rotatable bonds is 3. The lowest BCUT2D eigenvalue weighted by Crippen LogP contribution is -2.49. The minimum atomic E-state index is -0.508. The molecule has 2 aliphatic rings. The van der Waals surface area contributed by atoms with Gasteiger partial charge in [0.05, 0.1) is 12.6 Å². The molecule has 0 bridgehead atoms. The molecule has 0 spiro atoms. The zero-order valence-electron chi connectivity index (χ0n) is 17.7. The summed E-state index contributed by atoms with van der Waals surface area (Å²) in [7, 11) is 0. The molecule has 3 amide bonds. The minimum absolute atomic E-state index is 0.00507. The van der Waals surface area contributed by atoms with E-state index in [-0.39, 0.29) is 24.2 Å². The lowest BCUT2D eigenvalue weighted by atomic mass is 9.99. The number of likely N-dealkylation sites (tertiary alicyclic amines) is 1. The second-order valence-corrected chi connectivity index (χ2v) is 9.61. The lowest BCUT2D eigenvalue weighted by molar-refractivity contribution is 0.0158. The van der Waals surface area contributed by atoms with Crippen LogP contribution in [0.3, 0.4) is 0 Å². The molecule has 0 saturated carbocycles. The summed E-state index contributed by atoms with van der Waals surface area (Å²) in [6.07, 6.45) is 2.92. The Labute approximate surface area is 181 Å². The monoisotopic (exact) mass is 428 g/mol. The van der Waals surface area contributed by atoms with Crippen molar-refractivity contribution in [3.63, 3.8) is 0 Å². The van der Waals surface area contributed by atoms with Crippen molar-refractivity contribution in [2.75, 3.05) is 24.5 Å². The number of urea groups is 1. The molecule has 2 aromatic rings. The molecule has 0 N–H and O–H groups in total. The normalized spacial score (nSPS) is 20.7. The van der Waals surface area contributed by atoms with E-state index < -0.39 is 5.60 Å². The molecule has 2 saturated heterocycles. The predicted octanol–water partition coefficient (Wildman–Crippen LogP) is 4.53. The Morgan fingerprint density at radius 3 is 2.47 bits per heavy atom. The third-order valence-corrected chi connectivity index (χ3v) is 6.28. The third-order valence-electron chi connectivity index (χ3n) is 5.49. The topological polar surface area (TPSA) is 66.0 Å². The Hall–Kier alpha value is -2.61. The summed E-state index contributed by atoms with van der Waals surface area (Å²) < 4.78 is 5.51. The number of nitrogens with zero attached hydrogens (tertiary/aromatic N) is 4. The summed E-state index contributed by atoms with van der Waals surface area (Å²) in [4.78, 5) is 35.7. The maximum atomic E-state index is 13.4. The Balaban J connectivity index is 1.51. The zero-order chi connectivity index (χ0) is 21.3. The van der Waals surface area contributed by atoms with Crippen molar-refractivity contribution in [3.05, 3.63) is 47.5 Å². The molecule has 3 heterocycles. The fourth-order valence-corrected chi connectivity index (χ4v) is 4.77. The third kappa shape index (κ3) is 4.28. The van der Waals surface area contributed by atoms with Crippen LogP contribution in [0.4, 0.5) is 14.7 Å². The number of hydrogen-bond acceptors (Lipinski definition) is 5. The van der Waals surface area contributed by atoms with E-state index in [0.717, 1.165) is 23.5 Å². The standard InChI is InChI=1S/C22H28N4O3S/c1-22(2,3)29-21(28)24-12-9-17(10-13-24)26-18(16-7-5-4-6-8-16)15-25(20(26)27)19-23-11-14-30-19/h4-8,11,14,17-18H,9-10,12-13,15H2,1-3H3/t18-/m0/s1. The van der Waals surface area contributed by atoms with Crippen molar-refractivity contribution >= 4 is 28.6 Å². The van der Waals surface area contributed by atoms with Crippen LogP contribution < -0.4 is 4.90 Å². The molecule has 2 aliphatic heterocycles. The molecule has 7 nitrogen and oxygen atoms in total. The first-order valence-corrected chi connectivity index (χ1v) is 11.2. The number of piperidine rings is 1. The van der Waals surface area contributed by atoms with Gasteiger partial charge in [-0.3, -0.25) is 4.90 Å². The number of benzene rings is 1. The molecule has 0 aliphatic carbocycles. The number of ether oxygens (including phenoxy) is 1. The summed E-state index contributed by atoms with van der Waals surface area (Å²) >= 11 is 1.48. The van der Waals surface area contributed by atoms with Gasteiger partial charge < -0.3 is 14.5 Å². The van der Waals surface area contributed by atoms with Crippen molar-refractivity contribution in [1.82, 2.24) is 14.8 Å². The molecule has 30 heavy (non-hydrogen) atoms. The first-order chi connectivity index (χ1) is 14.3. The van der Waals surface area contributed by atoms with E-state index in [0.29, 0.717) is 19.6 Å². The van der Waals surface area contributed by atoms with Gasteiger partial charge in [-0.15, -0.1) is 11.3 Å². The van der Waals surface area contributed by atoms with E-state index in [1.54, 1.807) is 16.0 Å². The molecule has 1 aromatic carbocycles. The second-order valence-electron chi connectivity index (χ2n) is 8.74. The van der Waals surface area contributed by atoms with Crippen LogP contribution in [0.1, 0.15) is 45.2 Å². The van der Waals surface area contributed by atoms with Gasteiger partial charge in [-0.05, 0) is 39.2 Å². The highest BCUT2D eigenvalue weighted by molar-refractivity contribution is 7.13. The molecule has 1 aromatic heterocycles. The minimum Gasteiger partial charge on any atom is -0.444 e. The summed E-state index contributed by atoms with van der Waals surface area (Å²) in [6.45, 7) is 7.38. The maximum Gasteiger partial charge on any atom is 0.410 e. The molecule has 8 heteroatoms. The van der Waals surface area contributed by atoms with Crippen molar-refractivity contribution < 1.29 is 14.3 Å². The largest absolute Gasteiger partial charge is 0.444 e. The number of amides is 3. The van der Waals surface area contributed by atoms with Crippen LogP contribution in [-0.2, 0) is 4.74 Å². The van der Waals surface area contributed by atoms with E-state index in [2.05, 4.69) is 17.1 Å². The van der Waals surface area contributed by atoms with Crippen LogP contribution in [0.2, 0.25) is 0 Å². The van der Waals surface area contributed by atoms with Crippen LogP contribution in [0.5, 0.6) is 0 Å². The molecule has 4 rings (SSSR count). The Morgan fingerprint density at radius 1 is 1.17 bits per heavy atom. The molecule has 0 unspecified atom stereocenters. The van der Waals surface area contributed by atoms with Crippen LogP contribution in [0, 0.1) is 0 Å². The van der Waals surface area contributed by atoms with E-state index >= 15 is 0 Å². The number of carbonyl (C=O) groups excluding carboxylic acids is 2. The highest BCUT2D eigenvalue weighted by Crippen LogP contribution is 2.37. The van der Waals surface area contributed by atoms with Crippen LogP contribution >= 0.6 is 11.3 Å². The molecule has 1 atom stereocenters. The van der Waals surface area contributed by atoms with Crippen LogP contribution in [-0.4, -0.2) is 58.2 Å². The number of hydrogen-bond donors (Lipinski definition) is 0. The van der Waals surface area contributed by atoms with Crippen LogP contribution in [0.15, 0.2) is 41.9 Å². The van der Waals surface area contributed by atoms with Gasteiger partial charge in [-0.2, -0.15) is 0 Å². The molecule has 160 valence electrons. The zero-order valence-corrected chi connectivity index (χ0v) is 18.5. The number of carbonyl (C=O) groups is 2. The fraction of sp³-hybridized carbons (Fsp3) is 0.500. The smallest absolute Gasteiger partial charge is 0.410 e. The van der Waals surface area contributed by atoms with E-state index in [1.165, 1.54) is 11.3 Å². The van der Waals surface area contributed by atoms with Crippen molar-refractivity contribution in [3.8, 4) is 0 Å². The van der Waals surface area contributed by atoms with Gasteiger partial charge >= 0.3 is 12.1 Å². The van der Waals surface area contributed by atoms with Gasteiger partial charge in [0, 0.05) is 30.7 Å². The first-order valence-electron chi connectivity index (χ1n) is 10.4. The number of anilines is 1. The Kier molecular flexibility index (Phi) is 5.69. The summed E-state index contributed by atoms with van der Waals surface area (Å²) in [5.74, 6) is 0. The van der Waals surface area contributed by atoms with Crippen molar-refractivity contribution in [1.29, 1.82) is 0 Å². The van der Waals surface area contributed by atoms with E-state index in [4.69, 9.17) is 4.74 Å². The van der Waals surface area contributed by atoms with Gasteiger partial charge in [0.15, 0.2) is 5.13 Å². The average Bonchev–Trinajstić information content (AvgIpc) is 3.35. The summed E-state index contributed by atoms with van der Waals surface area (Å²) in [5, 5.41) is 2.62. The van der Waals surface area contributed by atoms with Crippen molar-refractivity contribution in [2.45, 2.75) is 51.3 Å². The van der Waals surface area contributed by atoms with Gasteiger partial charge in [0.2, 0.25) is 0 Å². The molecule has 0 radical (unpaired) electrons. The Morgan fingerprint density at radius 2 is 1.87 bits per heavy atom. The first kappa shape index (κ1) is 20.7. The number of thiazole rings is 1. The summed E-state index contributed by atoms with van der Waals surface area (Å²) in [6, 6.07) is 10.2. The van der Waals surface area contributed by atoms with Gasteiger partial charge in [0.1, 0.15) is 5.60 Å². The van der Waals surface area contributed by atoms with Gasteiger partial charge in [-0.1, -0.05) is 30.3 Å². The average molecular weight is 429 g/mol. The SMILES string of the molecule is CC(C)(C)OC(=O)N1CCC(N2C(=O)N(c3nccs3)C[C@H]2c2ccccc2)CC1. The lowest BCUT2D eigenvalue weighted by Gasteiger charge is -2.39. The van der Waals surface area contributed by atoms with E-state index in [9.17, 15) is 9.59 Å². The fourth-order valence-electron chi connectivity index (χ4n) is 4.13. The molecule has 2 fully saturated rings. The van der Waals surface area contributed by atoms with Crippen LogP contribution in [0.25, 0.3) is 0 Å².